The average molecular weight is 433 g/mol. The summed E-state index contributed by atoms with van der Waals surface area (Å²) in [5.41, 5.74) is 2.55. The van der Waals surface area contributed by atoms with Crippen LogP contribution in [-0.2, 0) is 16.0 Å². The third-order valence-electron chi connectivity index (χ3n) is 6.78. The summed E-state index contributed by atoms with van der Waals surface area (Å²) >= 11 is 0. The Morgan fingerprint density at radius 3 is 2.16 bits per heavy atom. The van der Waals surface area contributed by atoms with E-state index in [0.29, 0.717) is 56.8 Å². The lowest BCUT2D eigenvalue weighted by atomic mass is 9.98. The smallest absolute Gasteiger partial charge is 0.254 e. The number of aliphatic hydroxyl groups is 1. The number of hydrogen-bond donors (Lipinski definition) is 1. The van der Waals surface area contributed by atoms with Gasteiger partial charge in [-0.1, -0.05) is 36.4 Å². The van der Waals surface area contributed by atoms with Gasteiger partial charge in [-0.2, -0.15) is 0 Å². The molecule has 1 N–H and O–H groups in total. The van der Waals surface area contributed by atoms with E-state index in [2.05, 4.69) is 6.07 Å². The van der Waals surface area contributed by atoms with Crippen LogP contribution in [0.5, 0.6) is 0 Å². The van der Waals surface area contributed by atoms with E-state index in [1.807, 2.05) is 42.5 Å². The highest BCUT2D eigenvalue weighted by Crippen LogP contribution is 2.37. The van der Waals surface area contributed by atoms with E-state index in [0.717, 1.165) is 29.5 Å². The lowest BCUT2D eigenvalue weighted by molar-refractivity contribution is -0.143. The van der Waals surface area contributed by atoms with Crippen molar-refractivity contribution in [3.63, 3.8) is 0 Å². The van der Waals surface area contributed by atoms with Crippen molar-refractivity contribution in [3.05, 3.63) is 59.7 Å². The van der Waals surface area contributed by atoms with Crippen molar-refractivity contribution in [3.8, 4) is 11.1 Å². The van der Waals surface area contributed by atoms with Crippen molar-refractivity contribution in [1.29, 1.82) is 0 Å². The normalized spacial score (nSPS) is 19.5. The molecule has 2 amide bonds. The van der Waals surface area contributed by atoms with Crippen LogP contribution in [0.25, 0.3) is 11.1 Å². The Balaban J connectivity index is 1.21. The van der Waals surface area contributed by atoms with Gasteiger partial charge in [0.1, 0.15) is 11.4 Å². The number of carbonyl (C=O) groups is 3. The SMILES string of the molecule is O=C(Cc1cccc(-c2ccc(C(=O)N3CCN(C(=O)C4(O)CC4)CC3)cc2)c1)C1CC1. The maximum atomic E-state index is 12.9. The van der Waals surface area contributed by atoms with E-state index < -0.39 is 5.60 Å². The molecule has 2 aromatic carbocycles. The van der Waals surface area contributed by atoms with Gasteiger partial charge in [0.05, 0.1) is 0 Å². The Morgan fingerprint density at radius 2 is 1.53 bits per heavy atom. The first kappa shape index (κ1) is 20.9. The number of carbonyl (C=O) groups excluding carboxylic acids is 3. The average Bonchev–Trinajstić information content (AvgIpc) is 3.75. The number of nitrogens with zero attached hydrogens (tertiary/aromatic N) is 2. The Hall–Kier alpha value is -2.99. The Morgan fingerprint density at radius 1 is 0.875 bits per heavy atom. The minimum atomic E-state index is -1.15. The van der Waals surface area contributed by atoms with E-state index in [9.17, 15) is 19.5 Å². The third-order valence-corrected chi connectivity index (χ3v) is 6.78. The van der Waals surface area contributed by atoms with E-state index in [4.69, 9.17) is 0 Å². The Labute approximate surface area is 187 Å². The largest absolute Gasteiger partial charge is 0.380 e. The number of Topliss-reactive ketones (excluding diaryl/α,β-unsaturated/α-hetero) is 1. The fourth-order valence-corrected chi connectivity index (χ4v) is 4.34. The van der Waals surface area contributed by atoms with Gasteiger partial charge in [0, 0.05) is 44.1 Å². The van der Waals surface area contributed by atoms with Crippen LogP contribution in [0.1, 0.15) is 41.6 Å². The summed E-state index contributed by atoms with van der Waals surface area (Å²) in [5.74, 6) is 0.353. The molecule has 6 heteroatoms. The molecule has 0 radical (unpaired) electrons. The zero-order chi connectivity index (χ0) is 22.3. The molecule has 1 saturated heterocycles. The van der Waals surface area contributed by atoms with Gasteiger partial charge in [0.2, 0.25) is 0 Å². The van der Waals surface area contributed by atoms with Gasteiger partial charge in [0.25, 0.3) is 11.8 Å². The summed E-state index contributed by atoms with van der Waals surface area (Å²) < 4.78 is 0. The molecule has 0 unspecified atom stereocenters. The number of hydrogen-bond acceptors (Lipinski definition) is 4. The van der Waals surface area contributed by atoms with Crippen LogP contribution in [0.3, 0.4) is 0 Å². The summed E-state index contributed by atoms with van der Waals surface area (Å²) in [6, 6.07) is 15.6. The van der Waals surface area contributed by atoms with Gasteiger partial charge in [-0.15, -0.1) is 0 Å². The van der Waals surface area contributed by atoms with Crippen molar-refractivity contribution in [2.75, 3.05) is 26.2 Å². The summed E-state index contributed by atoms with van der Waals surface area (Å²) in [7, 11) is 0. The van der Waals surface area contributed by atoms with Crippen LogP contribution in [0.15, 0.2) is 48.5 Å². The maximum absolute atomic E-state index is 12.9. The molecule has 166 valence electrons. The van der Waals surface area contributed by atoms with Crippen molar-refractivity contribution < 1.29 is 19.5 Å². The van der Waals surface area contributed by atoms with Gasteiger partial charge in [0.15, 0.2) is 0 Å². The molecule has 0 atom stereocenters. The summed E-state index contributed by atoms with van der Waals surface area (Å²) in [6.45, 7) is 1.85. The van der Waals surface area contributed by atoms with Gasteiger partial charge in [-0.05, 0) is 54.5 Å². The molecule has 0 spiro atoms. The predicted molar refractivity (Wildman–Crippen MR) is 120 cm³/mol. The van der Waals surface area contributed by atoms with Crippen LogP contribution < -0.4 is 0 Å². The minimum absolute atomic E-state index is 0.0439. The fraction of sp³-hybridized carbons (Fsp3) is 0.423. The molecule has 2 saturated carbocycles. The van der Waals surface area contributed by atoms with Crippen LogP contribution >= 0.6 is 0 Å². The highest BCUT2D eigenvalue weighted by molar-refractivity contribution is 5.95. The molecule has 2 aromatic rings. The number of piperazine rings is 1. The first-order valence-electron chi connectivity index (χ1n) is 11.5. The molecule has 32 heavy (non-hydrogen) atoms. The van der Waals surface area contributed by atoms with E-state index in [1.165, 1.54) is 0 Å². The molecule has 3 aliphatic rings. The third kappa shape index (κ3) is 4.32. The Kier molecular flexibility index (Phi) is 5.33. The first-order valence-corrected chi connectivity index (χ1v) is 11.5. The van der Waals surface area contributed by atoms with Gasteiger partial charge < -0.3 is 14.9 Å². The predicted octanol–water partition coefficient (Wildman–Crippen LogP) is 2.68. The molecule has 1 heterocycles. The molecule has 0 bridgehead atoms. The van der Waals surface area contributed by atoms with Gasteiger partial charge >= 0.3 is 0 Å². The second kappa shape index (κ2) is 8.17. The van der Waals surface area contributed by atoms with E-state index in [1.54, 1.807) is 9.80 Å². The highest BCUT2D eigenvalue weighted by atomic mass is 16.3. The van der Waals surface area contributed by atoms with Crippen molar-refractivity contribution in [1.82, 2.24) is 9.80 Å². The van der Waals surface area contributed by atoms with Crippen molar-refractivity contribution in [2.45, 2.75) is 37.7 Å². The lowest BCUT2D eigenvalue weighted by Gasteiger charge is -2.35. The summed E-state index contributed by atoms with van der Waals surface area (Å²) in [4.78, 5) is 40.7. The number of ketones is 1. The van der Waals surface area contributed by atoms with Gasteiger partial charge in [-0.3, -0.25) is 14.4 Å². The molecule has 6 nitrogen and oxygen atoms in total. The minimum Gasteiger partial charge on any atom is -0.380 e. The monoisotopic (exact) mass is 432 g/mol. The molecule has 3 fully saturated rings. The number of rotatable bonds is 6. The second-order valence-corrected chi connectivity index (χ2v) is 9.31. The zero-order valence-corrected chi connectivity index (χ0v) is 18.1. The lowest BCUT2D eigenvalue weighted by Crippen LogP contribution is -2.53. The van der Waals surface area contributed by atoms with E-state index >= 15 is 0 Å². The number of benzene rings is 2. The van der Waals surface area contributed by atoms with Crippen LogP contribution in [0, 0.1) is 5.92 Å². The van der Waals surface area contributed by atoms with E-state index in [-0.39, 0.29) is 17.7 Å². The molecule has 1 aliphatic heterocycles. The molecule has 5 rings (SSSR count). The Bertz CT molecular complexity index is 1050. The molecular formula is C26H28N2O4. The van der Waals surface area contributed by atoms with Crippen LogP contribution in [0.2, 0.25) is 0 Å². The second-order valence-electron chi connectivity index (χ2n) is 9.31. The molecular weight excluding hydrogens is 404 g/mol. The first-order chi connectivity index (χ1) is 15.4. The highest BCUT2D eigenvalue weighted by Gasteiger charge is 2.50. The topological polar surface area (TPSA) is 77.9 Å². The zero-order valence-electron chi connectivity index (χ0n) is 18.1. The fourth-order valence-electron chi connectivity index (χ4n) is 4.34. The molecule has 0 aromatic heterocycles. The van der Waals surface area contributed by atoms with Crippen molar-refractivity contribution in [2.24, 2.45) is 5.92 Å². The summed E-state index contributed by atoms with van der Waals surface area (Å²) in [6.07, 6.45) is 3.62. The summed E-state index contributed by atoms with van der Waals surface area (Å²) in [5, 5.41) is 10.0. The number of amides is 2. The standard InChI is InChI=1S/C26H28N2O4/c29-23(20-6-7-20)17-18-2-1-3-22(16-18)19-4-8-21(9-5-19)24(30)27-12-14-28(15-13-27)25(31)26(32)10-11-26/h1-5,8-9,16,20,32H,6-7,10-15,17H2. The van der Waals surface area contributed by atoms with Crippen molar-refractivity contribution >= 4 is 17.6 Å². The van der Waals surface area contributed by atoms with Crippen LogP contribution in [0.4, 0.5) is 0 Å². The quantitative estimate of drug-likeness (QED) is 0.761. The van der Waals surface area contributed by atoms with Crippen LogP contribution in [-0.4, -0.2) is 64.3 Å². The van der Waals surface area contributed by atoms with Gasteiger partial charge in [-0.25, -0.2) is 0 Å². The molecule has 2 aliphatic carbocycles. The maximum Gasteiger partial charge on any atom is 0.254 e.